The molecule has 0 saturated carbocycles. The average Bonchev–Trinajstić information content (AvgIpc) is 1.68. The number of likely N-dealkylation sites (N-methyl/N-ethyl adjacent to an activating group) is 1. The van der Waals surface area contributed by atoms with Crippen LogP contribution >= 0.6 is 0 Å². The van der Waals surface area contributed by atoms with Gasteiger partial charge in [-0.15, -0.1) is 0 Å². The van der Waals surface area contributed by atoms with Crippen LogP contribution in [0.5, 0.6) is 0 Å². The largest absolute Gasteiger partial charge is 0.329 e. The molecule has 0 aromatic rings. The van der Waals surface area contributed by atoms with E-state index in [1.807, 2.05) is 6.92 Å². The Morgan fingerprint density at radius 3 is 2.57 bits per heavy atom. The van der Waals surface area contributed by atoms with Crippen LogP contribution in [0.15, 0.2) is 0 Å². The zero-order chi connectivity index (χ0) is 5.70. The van der Waals surface area contributed by atoms with E-state index in [9.17, 15) is 0 Å². The van der Waals surface area contributed by atoms with Gasteiger partial charge in [-0.05, 0) is 13.5 Å². The molecule has 0 bridgehead atoms. The SMILES string of the molecule is [CH2]C(CN)NCC. The van der Waals surface area contributed by atoms with E-state index in [1.165, 1.54) is 0 Å². The molecule has 7 heavy (non-hydrogen) atoms. The first-order chi connectivity index (χ1) is 3.31. The Morgan fingerprint density at radius 2 is 2.43 bits per heavy atom. The lowest BCUT2D eigenvalue weighted by molar-refractivity contribution is 0.620. The molecule has 43 valence electrons. The summed E-state index contributed by atoms with van der Waals surface area (Å²) in [6.45, 7) is 7.31. The van der Waals surface area contributed by atoms with Gasteiger partial charge in [-0.2, -0.15) is 0 Å². The second kappa shape index (κ2) is 4.09. The molecule has 0 saturated heterocycles. The van der Waals surface area contributed by atoms with Crippen LogP contribution < -0.4 is 11.1 Å². The first-order valence-electron chi connectivity index (χ1n) is 2.57. The Labute approximate surface area is 45.1 Å². The highest BCUT2D eigenvalue weighted by Gasteiger charge is 1.90. The Kier molecular flexibility index (Phi) is 4.04. The minimum Gasteiger partial charge on any atom is -0.329 e. The smallest absolute Gasteiger partial charge is 0.0190 e. The normalized spacial score (nSPS) is 14.1. The minimum absolute atomic E-state index is 0.227. The quantitative estimate of drug-likeness (QED) is 0.515. The minimum atomic E-state index is 0.227. The van der Waals surface area contributed by atoms with Crippen LogP contribution in [0.25, 0.3) is 0 Å². The van der Waals surface area contributed by atoms with Crippen molar-refractivity contribution in [1.82, 2.24) is 5.32 Å². The fraction of sp³-hybridized carbons (Fsp3) is 0.800. The van der Waals surface area contributed by atoms with E-state index in [0.717, 1.165) is 6.54 Å². The molecule has 0 aromatic carbocycles. The maximum Gasteiger partial charge on any atom is 0.0190 e. The summed E-state index contributed by atoms with van der Waals surface area (Å²) in [6.07, 6.45) is 0. The molecule has 0 aliphatic carbocycles. The van der Waals surface area contributed by atoms with E-state index in [0.29, 0.717) is 6.54 Å². The first kappa shape index (κ1) is 6.92. The molecule has 0 amide bonds. The summed E-state index contributed by atoms with van der Waals surface area (Å²) in [5, 5.41) is 3.06. The Bertz CT molecular complexity index is 37.1. The third-order valence-corrected chi connectivity index (χ3v) is 0.777. The van der Waals surface area contributed by atoms with E-state index in [-0.39, 0.29) is 6.04 Å². The van der Waals surface area contributed by atoms with Gasteiger partial charge in [0.05, 0.1) is 0 Å². The molecule has 1 radical (unpaired) electrons. The number of rotatable bonds is 3. The molecule has 0 aliphatic rings. The Morgan fingerprint density at radius 1 is 1.86 bits per heavy atom. The van der Waals surface area contributed by atoms with Gasteiger partial charge in [0.1, 0.15) is 0 Å². The van der Waals surface area contributed by atoms with Gasteiger partial charge in [-0.3, -0.25) is 0 Å². The summed E-state index contributed by atoms with van der Waals surface area (Å²) in [6, 6.07) is 0.227. The third-order valence-electron chi connectivity index (χ3n) is 0.777. The zero-order valence-corrected chi connectivity index (χ0v) is 4.78. The highest BCUT2D eigenvalue weighted by atomic mass is 14.9. The molecule has 0 aliphatic heterocycles. The van der Waals surface area contributed by atoms with Gasteiger partial charge in [-0.25, -0.2) is 0 Å². The van der Waals surface area contributed by atoms with Crippen molar-refractivity contribution < 1.29 is 0 Å². The maximum atomic E-state index is 5.23. The summed E-state index contributed by atoms with van der Waals surface area (Å²) >= 11 is 0. The van der Waals surface area contributed by atoms with E-state index in [2.05, 4.69) is 12.2 Å². The zero-order valence-electron chi connectivity index (χ0n) is 4.78. The van der Waals surface area contributed by atoms with Crippen molar-refractivity contribution in [2.24, 2.45) is 5.73 Å². The van der Waals surface area contributed by atoms with Gasteiger partial charge in [0.15, 0.2) is 0 Å². The van der Waals surface area contributed by atoms with Gasteiger partial charge >= 0.3 is 0 Å². The number of nitrogens with one attached hydrogen (secondary N) is 1. The Balaban J connectivity index is 2.83. The van der Waals surface area contributed by atoms with Crippen molar-refractivity contribution in [3.05, 3.63) is 6.92 Å². The predicted molar refractivity (Wildman–Crippen MR) is 31.9 cm³/mol. The molecular weight excluding hydrogens is 88.1 g/mol. The summed E-state index contributed by atoms with van der Waals surface area (Å²) in [4.78, 5) is 0. The van der Waals surface area contributed by atoms with E-state index in [1.54, 1.807) is 0 Å². The average molecular weight is 101 g/mol. The van der Waals surface area contributed by atoms with E-state index in [4.69, 9.17) is 5.73 Å². The molecule has 0 heterocycles. The molecule has 2 nitrogen and oxygen atoms in total. The third kappa shape index (κ3) is 3.76. The molecule has 0 aromatic heterocycles. The fourth-order valence-electron chi connectivity index (χ4n) is 0.372. The van der Waals surface area contributed by atoms with Crippen molar-refractivity contribution in [2.45, 2.75) is 13.0 Å². The van der Waals surface area contributed by atoms with Gasteiger partial charge in [0.25, 0.3) is 0 Å². The van der Waals surface area contributed by atoms with E-state index >= 15 is 0 Å². The van der Waals surface area contributed by atoms with Gasteiger partial charge in [0, 0.05) is 12.6 Å². The van der Waals surface area contributed by atoms with Crippen molar-refractivity contribution in [2.75, 3.05) is 13.1 Å². The maximum absolute atomic E-state index is 5.23. The lowest BCUT2D eigenvalue weighted by atomic mass is 10.3. The standard InChI is InChI=1S/C5H13N2/c1-3-7-5(2)4-6/h5,7H,2-4,6H2,1H3. The van der Waals surface area contributed by atoms with Crippen molar-refractivity contribution in [3.8, 4) is 0 Å². The number of hydrogen-bond donors (Lipinski definition) is 2. The van der Waals surface area contributed by atoms with Gasteiger partial charge < -0.3 is 11.1 Å². The topological polar surface area (TPSA) is 38.0 Å². The lowest BCUT2D eigenvalue weighted by Crippen LogP contribution is -2.32. The fourth-order valence-corrected chi connectivity index (χ4v) is 0.372. The lowest BCUT2D eigenvalue weighted by Gasteiger charge is -2.06. The highest BCUT2D eigenvalue weighted by molar-refractivity contribution is 4.66. The van der Waals surface area contributed by atoms with E-state index < -0.39 is 0 Å². The molecule has 1 atom stereocenters. The summed E-state index contributed by atoms with van der Waals surface area (Å²) in [7, 11) is 0. The van der Waals surface area contributed by atoms with Crippen LogP contribution in [0, 0.1) is 6.92 Å². The van der Waals surface area contributed by atoms with Crippen LogP contribution in [0.4, 0.5) is 0 Å². The second-order valence-corrected chi connectivity index (χ2v) is 1.49. The summed E-state index contributed by atoms with van der Waals surface area (Å²) in [5.41, 5.74) is 5.23. The number of hydrogen-bond acceptors (Lipinski definition) is 2. The summed E-state index contributed by atoms with van der Waals surface area (Å²) < 4.78 is 0. The molecule has 3 N–H and O–H groups in total. The second-order valence-electron chi connectivity index (χ2n) is 1.49. The van der Waals surface area contributed by atoms with Crippen molar-refractivity contribution >= 4 is 0 Å². The van der Waals surface area contributed by atoms with Crippen LogP contribution in [-0.4, -0.2) is 19.1 Å². The molecule has 0 spiro atoms. The highest BCUT2D eigenvalue weighted by Crippen LogP contribution is 1.70. The summed E-state index contributed by atoms with van der Waals surface area (Å²) in [5.74, 6) is 0. The first-order valence-corrected chi connectivity index (χ1v) is 2.57. The van der Waals surface area contributed by atoms with Crippen LogP contribution in [-0.2, 0) is 0 Å². The molecule has 0 fully saturated rings. The predicted octanol–water partition coefficient (Wildman–Crippen LogP) is -0.243. The van der Waals surface area contributed by atoms with Crippen LogP contribution in [0.3, 0.4) is 0 Å². The Hall–Kier alpha value is -0.0800. The molecular formula is C5H13N2. The van der Waals surface area contributed by atoms with Crippen molar-refractivity contribution in [3.63, 3.8) is 0 Å². The van der Waals surface area contributed by atoms with Crippen molar-refractivity contribution in [1.29, 1.82) is 0 Å². The van der Waals surface area contributed by atoms with Gasteiger partial charge in [0.2, 0.25) is 0 Å². The number of nitrogens with two attached hydrogens (primary N) is 1. The molecule has 2 heteroatoms. The monoisotopic (exact) mass is 101 g/mol. The molecule has 0 rings (SSSR count). The van der Waals surface area contributed by atoms with Crippen LogP contribution in [0.1, 0.15) is 6.92 Å². The van der Waals surface area contributed by atoms with Crippen LogP contribution in [0.2, 0.25) is 0 Å². The molecule has 1 unspecified atom stereocenters. The van der Waals surface area contributed by atoms with Gasteiger partial charge in [-0.1, -0.05) is 6.92 Å².